The van der Waals surface area contributed by atoms with Crippen LogP contribution in [-0.4, -0.2) is 36.8 Å². The summed E-state index contributed by atoms with van der Waals surface area (Å²) in [6, 6.07) is 0. The zero-order valence-corrected chi connectivity index (χ0v) is 10.8. The zero-order chi connectivity index (χ0) is 9.23. The molecule has 0 aromatic rings. The summed E-state index contributed by atoms with van der Waals surface area (Å²) in [4.78, 5) is 10.4. The summed E-state index contributed by atoms with van der Waals surface area (Å²) < 4.78 is 13.1. The number of halogens is 2. The fraction of sp³-hybridized carbons (Fsp3) is 0.833. The first-order valence-electron chi connectivity index (χ1n) is 3.44. The molecule has 0 heterocycles. The van der Waals surface area contributed by atoms with Crippen LogP contribution in [0.15, 0.2) is 0 Å². The second kappa shape index (κ2) is 10.1. The molecule has 0 aliphatic heterocycles. The summed E-state index contributed by atoms with van der Waals surface area (Å²) in [6.07, 6.45) is 0. The van der Waals surface area contributed by atoms with Crippen molar-refractivity contribution >= 4 is 49.2 Å². The predicted molar refractivity (Wildman–Crippen MR) is 62.7 cm³/mol. The third-order valence-corrected chi connectivity index (χ3v) is 1.78. The average molecular weight is 399 g/mol. The molecule has 12 heavy (non-hydrogen) atoms. The standard InChI is InChI=1S/C6H11I2NO3/c7-6(10)5-12-4-3-11-2-1-9-8/h9H,1-5H2. The fourth-order valence-electron chi connectivity index (χ4n) is 0.483. The van der Waals surface area contributed by atoms with Crippen LogP contribution in [0, 0.1) is 0 Å². The summed E-state index contributed by atoms with van der Waals surface area (Å²) in [7, 11) is 0. The van der Waals surface area contributed by atoms with Gasteiger partial charge < -0.3 is 9.47 Å². The largest absolute Gasteiger partial charge is 0.378 e. The van der Waals surface area contributed by atoms with Crippen LogP contribution in [0.4, 0.5) is 0 Å². The minimum atomic E-state index is 0.0153. The lowest BCUT2D eigenvalue weighted by atomic mass is 10.7. The van der Waals surface area contributed by atoms with E-state index in [0.717, 1.165) is 6.54 Å². The average Bonchev–Trinajstić information content (AvgIpc) is 2.02. The molecule has 0 spiro atoms. The monoisotopic (exact) mass is 399 g/mol. The maximum Gasteiger partial charge on any atom is 0.217 e. The molecule has 0 aliphatic rings. The lowest BCUT2D eigenvalue weighted by Gasteiger charge is -2.02. The van der Waals surface area contributed by atoms with E-state index in [0.29, 0.717) is 19.8 Å². The maximum atomic E-state index is 10.4. The van der Waals surface area contributed by atoms with Gasteiger partial charge in [0.25, 0.3) is 0 Å². The van der Waals surface area contributed by atoms with Crippen molar-refractivity contribution in [1.82, 2.24) is 3.53 Å². The van der Waals surface area contributed by atoms with E-state index in [1.807, 2.05) is 0 Å². The highest BCUT2D eigenvalue weighted by molar-refractivity contribution is 14.1. The Labute approximate surface area is 99.4 Å². The van der Waals surface area contributed by atoms with E-state index in [1.165, 1.54) is 0 Å². The van der Waals surface area contributed by atoms with Gasteiger partial charge in [0.05, 0.1) is 19.8 Å². The predicted octanol–water partition coefficient (Wildman–Crippen LogP) is 0.921. The second-order valence-corrected chi connectivity index (χ2v) is 3.87. The molecule has 72 valence electrons. The summed E-state index contributed by atoms with van der Waals surface area (Å²) in [5, 5.41) is 0. The molecule has 0 fully saturated rings. The van der Waals surface area contributed by atoms with Gasteiger partial charge in [0.15, 0.2) is 0 Å². The molecule has 0 aliphatic carbocycles. The van der Waals surface area contributed by atoms with Crippen LogP contribution < -0.4 is 3.53 Å². The normalized spacial score (nSPS) is 10.2. The van der Waals surface area contributed by atoms with Crippen molar-refractivity contribution in [3.63, 3.8) is 0 Å². The van der Waals surface area contributed by atoms with Crippen molar-refractivity contribution in [2.75, 3.05) is 33.0 Å². The number of nitrogens with one attached hydrogen (secondary N) is 1. The van der Waals surface area contributed by atoms with Crippen LogP contribution in [0.25, 0.3) is 0 Å². The smallest absolute Gasteiger partial charge is 0.217 e. The van der Waals surface area contributed by atoms with E-state index < -0.39 is 0 Å². The molecular formula is C6H11I2NO3. The van der Waals surface area contributed by atoms with Crippen LogP contribution in [0.5, 0.6) is 0 Å². The molecule has 1 N–H and O–H groups in total. The first-order chi connectivity index (χ1) is 5.77. The molecule has 0 saturated carbocycles. The maximum absolute atomic E-state index is 10.4. The van der Waals surface area contributed by atoms with Crippen molar-refractivity contribution in [3.8, 4) is 0 Å². The number of rotatable bonds is 8. The zero-order valence-electron chi connectivity index (χ0n) is 6.52. The number of ether oxygens (including phenoxy) is 2. The second-order valence-electron chi connectivity index (χ2n) is 1.90. The van der Waals surface area contributed by atoms with E-state index in [4.69, 9.17) is 9.47 Å². The van der Waals surface area contributed by atoms with Crippen molar-refractivity contribution < 1.29 is 14.3 Å². The molecule has 0 rings (SSSR count). The van der Waals surface area contributed by atoms with Crippen molar-refractivity contribution in [1.29, 1.82) is 0 Å². The first kappa shape index (κ1) is 13.0. The molecule has 0 aromatic heterocycles. The molecule has 0 amide bonds. The van der Waals surface area contributed by atoms with Crippen molar-refractivity contribution in [3.05, 3.63) is 0 Å². The van der Waals surface area contributed by atoms with Gasteiger partial charge in [-0.05, 0) is 0 Å². The van der Waals surface area contributed by atoms with Crippen LogP contribution in [0.2, 0.25) is 0 Å². The van der Waals surface area contributed by atoms with Crippen molar-refractivity contribution in [2.45, 2.75) is 0 Å². The SMILES string of the molecule is O=C(I)COCCOCCNI. The van der Waals surface area contributed by atoms with E-state index in [-0.39, 0.29) is 10.4 Å². The molecule has 4 nitrogen and oxygen atoms in total. The van der Waals surface area contributed by atoms with Gasteiger partial charge in [-0.2, -0.15) is 0 Å². The van der Waals surface area contributed by atoms with Crippen LogP contribution in [-0.2, 0) is 14.3 Å². The molecular weight excluding hydrogens is 388 g/mol. The molecule has 0 unspecified atom stereocenters. The molecule has 0 saturated heterocycles. The Bertz CT molecular complexity index is 123. The Kier molecular flexibility index (Phi) is 10.9. The topological polar surface area (TPSA) is 47.6 Å². The Hall–Kier alpha value is 1.01. The summed E-state index contributed by atoms with van der Waals surface area (Å²) in [5.74, 6) is 0. The number of carbonyl (C=O) groups is 1. The van der Waals surface area contributed by atoms with E-state index in [2.05, 4.69) is 26.4 Å². The Morgan fingerprint density at radius 1 is 1.25 bits per heavy atom. The molecule has 0 bridgehead atoms. The van der Waals surface area contributed by atoms with E-state index >= 15 is 0 Å². The van der Waals surface area contributed by atoms with Crippen molar-refractivity contribution in [2.24, 2.45) is 0 Å². The number of hydrogen-bond acceptors (Lipinski definition) is 4. The summed E-state index contributed by atoms with van der Waals surface area (Å²) >= 11 is 3.76. The van der Waals surface area contributed by atoms with Gasteiger partial charge in [-0.1, -0.05) is 0 Å². The van der Waals surface area contributed by atoms with Gasteiger partial charge >= 0.3 is 0 Å². The lowest BCUT2D eigenvalue weighted by Crippen LogP contribution is -2.13. The lowest BCUT2D eigenvalue weighted by molar-refractivity contribution is -0.114. The van der Waals surface area contributed by atoms with Crippen LogP contribution in [0.3, 0.4) is 0 Å². The number of carbonyl (C=O) groups excluding carboxylic acids is 1. The fourth-order valence-corrected chi connectivity index (χ4v) is 0.923. The van der Waals surface area contributed by atoms with Gasteiger partial charge in [0, 0.05) is 52.0 Å². The highest BCUT2D eigenvalue weighted by Gasteiger charge is 1.94. The Balaban J connectivity index is 2.86. The molecule has 0 atom stereocenters. The third-order valence-electron chi connectivity index (χ3n) is 0.928. The minimum absolute atomic E-state index is 0.0153. The van der Waals surface area contributed by atoms with Gasteiger partial charge in [-0.3, -0.25) is 8.32 Å². The molecule has 0 aromatic carbocycles. The highest BCUT2D eigenvalue weighted by Crippen LogP contribution is 1.86. The van der Waals surface area contributed by atoms with Gasteiger partial charge in [-0.15, -0.1) is 0 Å². The van der Waals surface area contributed by atoms with Gasteiger partial charge in [0.2, 0.25) is 3.79 Å². The Morgan fingerprint density at radius 3 is 2.50 bits per heavy atom. The van der Waals surface area contributed by atoms with Gasteiger partial charge in [-0.25, -0.2) is 0 Å². The first-order valence-corrected chi connectivity index (χ1v) is 5.60. The van der Waals surface area contributed by atoms with E-state index in [9.17, 15) is 4.79 Å². The van der Waals surface area contributed by atoms with Gasteiger partial charge in [0.1, 0.15) is 6.61 Å². The highest BCUT2D eigenvalue weighted by atomic mass is 127. The summed E-state index contributed by atoms with van der Waals surface area (Å²) in [6.45, 7) is 2.70. The third kappa shape index (κ3) is 11.0. The number of hydrogen-bond donors (Lipinski definition) is 1. The van der Waals surface area contributed by atoms with E-state index in [1.54, 1.807) is 22.6 Å². The van der Waals surface area contributed by atoms with Crippen LogP contribution in [0.1, 0.15) is 0 Å². The quantitative estimate of drug-likeness (QED) is 0.286. The molecule has 6 heteroatoms. The van der Waals surface area contributed by atoms with Crippen LogP contribution >= 0.6 is 45.5 Å². The minimum Gasteiger partial charge on any atom is -0.378 e. The Morgan fingerprint density at radius 2 is 1.92 bits per heavy atom. The summed E-state index contributed by atoms with van der Waals surface area (Å²) in [5.41, 5.74) is 0. The molecule has 0 radical (unpaired) electrons.